The molecule has 0 saturated carbocycles. The summed E-state index contributed by atoms with van der Waals surface area (Å²) < 4.78 is 1.99. The molecule has 2 rings (SSSR count). The first kappa shape index (κ1) is 11.0. The van der Waals surface area contributed by atoms with E-state index in [2.05, 4.69) is 36.0 Å². The number of hydrogen-bond acceptors (Lipinski definition) is 3. The Bertz CT molecular complexity index is 286. The molecule has 1 fully saturated rings. The summed E-state index contributed by atoms with van der Waals surface area (Å²) in [6, 6.07) is 3.16. The van der Waals surface area contributed by atoms with Gasteiger partial charge in [0.15, 0.2) is 0 Å². The zero-order valence-corrected chi connectivity index (χ0v) is 10.2. The minimum Gasteiger partial charge on any atom is -0.309 e. The fourth-order valence-corrected chi connectivity index (χ4v) is 3.24. The van der Waals surface area contributed by atoms with Crippen molar-refractivity contribution in [1.29, 1.82) is 0 Å². The smallest absolute Gasteiger partial charge is 0.0560 e. The number of rotatable bonds is 4. The van der Waals surface area contributed by atoms with E-state index in [1.165, 1.54) is 12.2 Å². The van der Waals surface area contributed by atoms with Crippen molar-refractivity contribution >= 4 is 11.8 Å². The fourth-order valence-electron chi connectivity index (χ4n) is 2.08. The quantitative estimate of drug-likeness (QED) is 0.847. The monoisotopic (exact) mass is 225 g/mol. The summed E-state index contributed by atoms with van der Waals surface area (Å²) in [6.07, 6.45) is 5.15. The molecule has 1 N–H and O–H groups in total. The molecule has 1 saturated heterocycles. The van der Waals surface area contributed by atoms with E-state index < -0.39 is 0 Å². The lowest BCUT2D eigenvalue weighted by atomic mass is 10.2. The van der Waals surface area contributed by atoms with Crippen LogP contribution in [0, 0.1) is 0 Å². The van der Waals surface area contributed by atoms with Crippen LogP contribution in [0.5, 0.6) is 0 Å². The van der Waals surface area contributed by atoms with Crippen molar-refractivity contribution in [3.05, 3.63) is 18.5 Å². The molecule has 0 bridgehead atoms. The van der Waals surface area contributed by atoms with Crippen molar-refractivity contribution in [3.8, 4) is 0 Å². The number of nitrogens with one attached hydrogen (secondary N) is 1. The predicted molar refractivity (Wildman–Crippen MR) is 65.1 cm³/mol. The normalized spacial score (nSPS) is 28.1. The third-order valence-corrected chi connectivity index (χ3v) is 4.10. The molecule has 3 atom stereocenters. The van der Waals surface area contributed by atoms with E-state index >= 15 is 0 Å². The fraction of sp³-hybridized carbons (Fsp3) is 0.727. The number of aromatic nitrogens is 2. The second-order valence-electron chi connectivity index (χ2n) is 4.37. The highest BCUT2D eigenvalue weighted by Gasteiger charge is 2.22. The molecule has 0 aromatic carbocycles. The second-order valence-corrected chi connectivity index (χ2v) is 5.84. The van der Waals surface area contributed by atoms with Crippen LogP contribution in [0.2, 0.25) is 0 Å². The van der Waals surface area contributed by atoms with Gasteiger partial charge in [0.05, 0.1) is 6.54 Å². The van der Waals surface area contributed by atoms with Crippen LogP contribution in [0.4, 0.5) is 0 Å². The standard InChI is InChI=1S/C11H19N3S/c1-9(7-14-5-3-4-12-14)13-11-6-10(2)15-8-11/h3-5,9-11,13H,6-8H2,1-2H3. The highest BCUT2D eigenvalue weighted by molar-refractivity contribution is 8.00. The van der Waals surface area contributed by atoms with Crippen LogP contribution in [0.25, 0.3) is 0 Å². The molecule has 0 radical (unpaired) electrons. The Kier molecular flexibility index (Phi) is 3.70. The molecule has 0 aliphatic carbocycles. The summed E-state index contributed by atoms with van der Waals surface area (Å²) in [5.74, 6) is 1.25. The minimum absolute atomic E-state index is 0.501. The lowest BCUT2D eigenvalue weighted by molar-refractivity contribution is 0.405. The summed E-state index contributed by atoms with van der Waals surface area (Å²) in [5, 5.41) is 8.70. The van der Waals surface area contributed by atoms with E-state index in [-0.39, 0.29) is 0 Å². The molecule has 4 heteroatoms. The van der Waals surface area contributed by atoms with Crippen molar-refractivity contribution in [3.63, 3.8) is 0 Å². The van der Waals surface area contributed by atoms with Crippen LogP contribution in [-0.2, 0) is 6.54 Å². The van der Waals surface area contributed by atoms with E-state index in [1.807, 2.05) is 23.1 Å². The zero-order chi connectivity index (χ0) is 10.7. The molecule has 15 heavy (non-hydrogen) atoms. The van der Waals surface area contributed by atoms with Crippen molar-refractivity contribution in [2.75, 3.05) is 5.75 Å². The van der Waals surface area contributed by atoms with Gasteiger partial charge in [-0.1, -0.05) is 6.92 Å². The number of hydrogen-bond donors (Lipinski definition) is 1. The number of thioether (sulfide) groups is 1. The van der Waals surface area contributed by atoms with Gasteiger partial charge in [-0.3, -0.25) is 4.68 Å². The van der Waals surface area contributed by atoms with Gasteiger partial charge in [0.25, 0.3) is 0 Å². The van der Waals surface area contributed by atoms with E-state index in [9.17, 15) is 0 Å². The van der Waals surface area contributed by atoms with Crippen LogP contribution in [0.15, 0.2) is 18.5 Å². The Morgan fingerprint density at radius 2 is 2.53 bits per heavy atom. The molecule has 2 heterocycles. The first-order valence-electron chi connectivity index (χ1n) is 5.59. The summed E-state index contributed by atoms with van der Waals surface area (Å²) in [5.41, 5.74) is 0. The molecular formula is C11H19N3S. The van der Waals surface area contributed by atoms with Crippen molar-refractivity contribution in [1.82, 2.24) is 15.1 Å². The lowest BCUT2D eigenvalue weighted by Crippen LogP contribution is -2.39. The second kappa shape index (κ2) is 5.03. The Morgan fingerprint density at radius 3 is 3.13 bits per heavy atom. The summed E-state index contributed by atoms with van der Waals surface area (Å²) in [7, 11) is 0. The van der Waals surface area contributed by atoms with Gasteiger partial charge >= 0.3 is 0 Å². The summed E-state index contributed by atoms with van der Waals surface area (Å²) >= 11 is 2.07. The first-order valence-corrected chi connectivity index (χ1v) is 6.64. The van der Waals surface area contributed by atoms with Crippen LogP contribution in [0.1, 0.15) is 20.3 Å². The molecule has 0 amide bonds. The van der Waals surface area contributed by atoms with Crippen LogP contribution >= 0.6 is 11.8 Å². The molecule has 3 unspecified atom stereocenters. The third kappa shape index (κ3) is 3.24. The highest BCUT2D eigenvalue weighted by Crippen LogP contribution is 2.26. The average Bonchev–Trinajstić information content (AvgIpc) is 2.77. The van der Waals surface area contributed by atoms with Crippen molar-refractivity contribution in [2.45, 2.75) is 44.1 Å². The first-order chi connectivity index (χ1) is 7.24. The van der Waals surface area contributed by atoms with Crippen LogP contribution in [-0.4, -0.2) is 32.9 Å². The van der Waals surface area contributed by atoms with Crippen LogP contribution in [0.3, 0.4) is 0 Å². The molecule has 3 nitrogen and oxygen atoms in total. The summed E-state index contributed by atoms with van der Waals surface area (Å²) in [6.45, 7) is 5.50. The van der Waals surface area contributed by atoms with Gasteiger partial charge in [-0.2, -0.15) is 16.9 Å². The van der Waals surface area contributed by atoms with Gasteiger partial charge in [-0.25, -0.2) is 0 Å². The minimum atomic E-state index is 0.501. The highest BCUT2D eigenvalue weighted by atomic mass is 32.2. The predicted octanol–water partition coefficient (Wildman–Crippen LogP) is 1.76. The van der Waals surface area contributed by atoms with Gasteiger partial charge < -0.3 is 5.32 Å². The topological polar surface area (TPSA) is 29.9 Å². The van der Waals surface area contributed by atoms with Crippen molar-refractivity contribution in [2.24, 2.45) is 0 Å². The number of nitrogens with zero attached hydrogens (tertiary/aromatic N) is 2. The van der Waals surface area contributed by atoms with Gasteiger partial charge in [0, 0.05) is 35.5 Å². The van der Waals surface area contributed by atoms with E-state index in [1.54, 1.807) is 0 Å². The molecule has 1 aliphatic rings. The molecule has 1 aliphatic heterocycles. The Labute approximate surface area is 95.6 Å². The third-order valence-electron chi connectivity index (χ3n) is 2.74. The SMILES string of the molecule is CC(Cn1cccn1)NC1CSC(C)C1. The van der Waals surface area contributed by atoms with Crippen molar-refractivity contribution < 1.29 is 0 Å². The maximum absolute atomic E-state index is 4.22. The van der Waals surface area contributed by atoms with E-state index in [0.29, 0.717) is 12.1 Å². The summed E-state index contributed by atoms with van der Waals surface area (Å²) in [4.78, 5) is 0. The molecule has 84 valence electrons. The Hall–Kier alpha value is -0.480. The van der Waals surface area contributed by atoms with E-state index in [0.717, 1.165) is 11.8 Å². The van der Waals surface area contributed by atoms with Gasteiger partial charge in [0.1, 0.15) is 0 Å². The van der Waals surface area contributed by atoms with Gasteiger partial charge in [-0.05, 0) is 19.4 Å². The van der Waals surface area contributed by atoms with Gasteiger partial charge in [0.2, 0.25) is 0 Å². The van der Waals surface area contributed by atoms with E-state index in [4.69, 9.17) is 0 Å². The molecular weight excluding hydrogens is 206 g/mol. The van der Waals surface area contributed by atoms with Gasteiger partial charge in [-0.15, -0.1) is 0 Å². The molecule has 1 aromatic rings. The lowest BCUT2D eigenvalue weighted by Gasteiger charge is -2.18. The maximum Gasteiger partial charge on any atom is 0.0560 e. The Balaban J connectivity index is 1.75. The Morgan fingerprint density at radius 1 is 1.67 bits per heavy atom. The zero-order valence-electron chi connectivity index (χ0n) is 9.39. The average molecular weight is 225 g/mol. The van der Waals surface area contributed by atoms with Crippen LogP contribution < -0.4 is 5.32 Å². The molecule has 1 aromatic heterocycles. The molecule has 0 spiro atoms. The maximum atomic E-state index is 4.22. The largest absolute Gasteiger partial charge is 0.309 e.